The van der Waals surface area contributed by atoms with Crippen LogP contribution in [0.3, 0.4) is 0 Å². The van der Waals surface area contributed by atoms with E-state index in [4.69, 9.17) is 0 Å². The third kappa shape index (κ3) is 3.84. The van der Waals surface area contributed by atoms with Crippen molar-refractivity contribution in [2.75, 3.05) is 25.9 Å². The number of hydrogen-bond acceptors (Lipinski definition) is 4. The Hall–Kier alpha value is -0.920. The lowest BCUT2D eigenvalue weighted by Crippen LogP contribution is -2.41. The topological polar surface area (TPSA) is 57.7 Å². The maximum atomic E-state index is 12.4. The third-order valence-electron chi connectivity index (χ3n) is 3.74. The number of sulfonamides is 1. The Morgan fingerprint density at radius 1 is 1.52 bits per heavy atom. The van der Waals surface area contributed by atoms with Gasteiger partial charge < -0.3 is 4.90 Å². The molecule has 0 aliphatic carbocycles. The average molecular weight is 330 g/mol. The highest BCUT2D eigenvalue weighted by Gasteiger charge is 2.32. The van der Waals surface area contributed by atoms with Crippen LogP contribution in [0.5, 0.6) is 0 Å². The summed E-state index contributed by atoms with van der Waals surface area (Å²) in [6.07, 6.45) is 2.49. The Morgan fingerprint density at radius 3 is 2.90 bits per heavy atom. The van der Waals surface area contributed by atoms with Crippen LogP contribution in [-0.2, 0) is 14.8 Å². The summed E-state index contributed by atoms with van der Waals surface area (Å²) in [4.78, 5) is 15.4. The molecule has 7 heteroatoms. The molecule has 1 atom stereocenters. The summed E-state index contributed by atoms with van der Waals surface area (Å²) >= 11 is 1.65. The molecule has 1 aliphatic heterocycles. The SMILES string of the molecule is CCCS(=O)(=O)N(C)CC(=O)N1CCC[C@@H]1c1cccs1. The molecule has 1 aliphatic rings. The van der Waals surface area contributed by atoms with Crippen LogP contribution in [0.4, 0.5) is 0 Å². The Balaban J connectivity index is 2.03. The molecule has 1 fully saturated rings. The quantitative estimate of drug-likeness (QED) is 0.802. The number of carbonyl (C=O) groups excluding carboxylic acids is 1. The lowest BCUT2D eigenvalue weighted by atomic mass is 10.2. The molecule has 21 heavy (non-hydrogen) atoms. The molecule has 2 heterocycles. The van der Waals surface area contributed by atoms with Gasteiger partial charge in [-0.25, -0.2) is 8.42 Å². The number of thiophene rings is 1. The zero-order valence-corrected chi connectivity index (χ0v) is 14.1. The highest BCUT2D eigenvalue weighted by atomic mass is 32.2. The zero-order valence-electron chi connectivity index (χ0n) is 12.5. The van der Waals surface area contributed by atoms with Gasteiger partial charge in [0.15, 0.2) is 0 Å². The summed E-state index contributed by atoms with van der Waals surface area (Å²) in [6.45, 7) is 2.47. The standard InChI is InChI=1S/C14H22N2O3S2/c1-3-10-21(18,19)15(2)11-14(17)16-8-4-6-12(16)13-7-5-9-20-13/h5,7,9,12H,3-4,6,8,10-11H2,1-2H3/t12-/m1/s1. The molecule has 0 unspecified atom stereocenters. The van der Waals surface area contributed by atoms with Crippen molar-refractivity contribution in [2.45, 2.75) is 32.2 Å². The van der Waals surface area contributed by atoms with Gasteiger partial charge in [0.25, 0.3) is 0 Å². The molecule has 1 aromatic rings. The first-order valence-corrected chi connectivity index (χ1v) is 9.71. The predicted octanol–water partition coefficient (Wildman–Crippen LogP) is 2.08. The van der Waals surface area contributed by atoms with Crippen molar-refractivity contribution in [3.05, 3.63) is 22.4 Å². The van der Waals surface area contributed by atoms with Crippen LogP contribution in [0.15, 0.2) is 17.5 Å². The predicted molar refractivity (Wildman–Crippen MR) is 84.7 cm³/mol. The van der Waals surface area contributed by atoms with Gasteiger partial charge in [0, 0.05) is 18.5 Å². The molecule has 2 rings (SSSR count). The zero-order chi connectivity index (χ0) is 15.5. The van der Waals surface area contributed by atoms with Crippen LogP contribution in [0.2, 0.25) is 0 Å². The second-order valence-electron chi connectivity index (χ2n) is 5.33. The number of carbonyl (C=O) groups is 1. The number of rotatable bonds is 6. The number of nitrogens with zero attached hydrogens (tertiary/aromatic N) is 2. The lowest BCUT2D eigenvalue weighted by Gasteiger charge is -2.26. The summed E-state index contributed by atoms with van der Waals surface area (Å²) < 4.78 is 25.1. The summed E-state index contributed by atoms with van der Waals surface area (Å²) in [5.41, 5.74) is 0. The van der Waals surface area contributed by atoms with Gasteiger partial charge in [0.05, 0.1) is 18.3 Å². The number of amides is 1. The minimum absolute atomic E-state index is 0.0653. The van der Waals surface area contributed by atoms with Gasteiger partial charge in [-0.15, -0.1) is 11.3 Å². The van der Waals surface area contributed by atoms with E-state index in [1.54, 1.807) is 11.3 Å². The summed E-state index contributed by atoms with van der Waals surface area (Å²) in [5, 5.41) is 2.01. The first-order chi connectivity index (χ1) is 9.95. The van der Waals surface area contributed by atoms with E-state index < -0.39 is 10.0 Å². The van der Waals surface area contributed by atoms with Gasteiger partial charge in [-0.3, -0.25) is 4.79 Å². The van der Waals surface area contributed by atoms with Crippen LogP contribution >= 0.6 is 11.3 Å². The Morgan fingerprint density at radius 2 is 2.29 bits per heavy atom. The Kier molecular flexibility index (Phi) is 5.40. The number of likely N-dealkylation sites (tertiary alicyclic amines) is 1. The number of likely N-dealkylation sites (N-methyl/N-ethyl adjacent to an activating group) is 1. The van der Waals surface area contributed by atoms with E-state index in [-0.39, 0.29) is 24.2 Å². The molecule has 0 spiro atoms. The van der Waals surface area contributed by atoms with Crippen molar-refractivity contribution in [3.63, 3.8) is 0 Å². The maximum Gasteiger partial charge on any atom is 0.238 e. The molecular weight excluding hydrogens is 308 g/mol. The molecule has 0 radical (unpaired) electrons. The monoisotopic (exact) mass is 330 g/mol. The first kappa shape index (κ1) is 16.5. The van der Waals surface area contributed by atoms with E-state index in [0.29, 0.717) is 13.0 Å². The second-order valence-corrected chi connectivity index (χ2v) is 8.51. The van der Waals surface area contributed by atoms with Gasteiger partial charge in [0.1, 0.15) is 0 Å². The lowest BCUT2D eigenvalue weighted by molar-refractivity contribution is -0.132. The summed E-state index contributed by atoms with van der Waals surface area (Å²) in [7, 11) is -1.83. The fraction of sp³-hybridized carbons (Fsp3) is 0.643. The molecule has 0 aromatic carbocycles. The van der Waals surface area contributed by atoms with E-state index >= 15 is 0 Å². The van der Waals surface area contributed by atoms with Crippen LogP contribution in [0, 0.1) is 0 Å². The third-order valence-corrected chi connectivity index (χ3v) is 6.72. The molecule has 5 nitrogen and oxygen atoms in total. The number of hydrogen-bond donors (Lipinski definition) is 0. The van der Waals surface area contributed by atoms with Gasteiger partial charge in [0.2, 0.25) is 15.9 Å². The van der Waals surface area contributed by atoms with Gasteiger partial charge in [-0.05, 0) is 30.7 Å². The molecule has 0 bridgehead atoms. The van der Waals surface area contributed by atoms with E-state index in [2.05, 4.69) is 0 Å². The Labute approximate surface area is 130 Å². The molecule has 0 saturated carbocycles. The van der Waals surface area contributed by atoms with Crippen LogP contribution in [0.25, 0.3) is 0 Å². The van der Waals surface area contributed by atoms with Crippen LogP contribution in [-0.4, -0.2) is 49.4 Å². The molecular formula is C14H22N2O3S2. The highest BCUT2D eigenvalue weighted by molar-refractivity contribution is 7.89. The van der Waals surface area contributed by atoms with Crippen molar-refractivity contribution < 1.29 is 13.2 Å². The normalized spacial score (nSPS) is 19.4. The molecule has 1 aromatic heterocycles. The van der Waals surface area contributed by atoms with Crippen molar-refractivity contribution in [3.8, 4) is 0 Å². The second kappa shape index (κ2) is 6.89. The fourth-order valence-electron chi connectivity index (χ4n) is 2.64. The minimum atomic E-state index is -3.32. The largest absolute Gasteiger partial charge is 0.334 e. The maximum absolute atomic E-state index is 12.4. The van der Waals surface area contributed by atoms with Crippen molar-refractivity contribution in [2.24, 2.45) is 0 Å². The van der Waals surface area contributed by atoms with Gasteiger partial charge >= 0.3 is 0 Å². The van der Waals surface area contributed by atoms with Crippen molar-refractivity contribution in [1.29, 1.82) is 0 Å². The average Bonchev–Trinajstić information content (AvgIpc) is 3.09. The van der Waals surface area contributed by atoms with Crippen molar-refractivity contribution >= 4 is 27.3 Å². The molecule has 118 valence electrons. The van der Waals surface area contributed by atoms with Crippen LogP contribution < -0.4 is 0 Å². The van der Waals surface area contributed by atoms with Crippen molar-refractivity contribution in [1.82, 2.24) is 9.21 Å². The van der Waals surface area contributed by atoms with E-state index in [9.17, 15) is 13.2 Å². The minimum Gasteiger partial charge on any atom is -0.334 e. The van der Waals surface area contributed by atoms with E-state index in [0.717, 1.165) is 12.8 Å². The Bertz CT molecular complexity index is 569. The summed E-state index contributed by atoms with van der Waals surface area (Å²) in [6, 6.07) is 4.14. The van der Waals surface area contributed by atoms with Gasteiger partial charge in [-0.2, -0.15) is 4.31 Å². The van der Waals surface area contributed by atoms with E-state index in [1.165, 1.54) is 16.2 Å². The van der Waals surface area contributed by atoms with Crippen LogP contribution in [0.1, 0.15) is 37.1 Å². The van der Waals surface area contributed by atoms with E-state index in [1.807, 2.05) is 29.3 Å². The molecule has 1 amide bonds. The van der Waals surface area contributed by atoms with Gasteiger partial charge in [-0.1, -0.05) is 13.0 Å². The highest BCUT2D eigenvalue weighted by Crippen LogP contribution is 2.34. The fourth-order valence-corrected chi connectivity index (χ4v) is 4.64. The first-order valence-electron chi connectivity index (χ1n) is 7.22. The molecule has 0 N–H and O–H groups in total. The molecule has 1 saturated heterocycles. The smallest absolute Gasteiger partial charge is 0.238 e. The summed E-state index contributed by atoms with van der Waals surface area (Å²) in [5.74, 6) is -0.0152.